The van der Waals surface area contributed by atoms with Crippen molar-refractivity contribution in [1.29, 1.82) is 0 Å². The number of hydrogen-bond acceptors (Lipinski definition) is 1. The summed E-state index contributed by atoms with van der Waals surface area (Å²) in [6.07, 6.45) is 11.9. The molecular formula is C18H34N2O+2. The van der Waals surface area contributed by atoms with Gasteiger partial charge in [0.25, 0.3) is 0 Å². The maximum atomic E-state index is 12.8. The minimum Gasteiger partial charge on any atom is -0.334 e. The van der Waals surface area contributed by atoms with E-state index in [2.05, 4.69) is 0 Å². The molecule has 1 aliphatic carbocycles. The standard InChI is InChI=1S/C18H32N2O/c21-18-16(14-19-10-3-1-4-11-19)8-7-9-17(18)15-20-12-5-2-6-13-20/h16-17H,1-15H2/p+2/t16-,17-/m0/s1. The van der Waals surface area contributed by atoms with Crippen molar-refractivity contribution in [2.75, 3.05) is 39.3 Å². The van der Waals surface area contributed by atoms with Crippen LogP contribution in [0.25, 0.3) is 0 Å². The van der Waals surface area contributed by atoms with Crippen LogP contribution in [0, 0.1) is 11.8 Å². The second kappa shape index (κ2) is 7.73. The largest absolute Gasteiger partial charge is 0.334 e. The zero-order valence-electron chi connectivity index (χ0n) is 13.7. The number of Topliss-reactive ketones (excluding diaryl/α,β-unsaturated/α-hetero) is 1. The highest BCUT2D eigenvalue weighted by molar-refractivity contribution is 5.84. The Kier molecular flexibility index (Phi) is 5.70. The van der Waals surface area contributed by atoms with Gasteiger partial charge < -0.3 is 9.80 Å². The highest BCUT2D eigenvalue weighted by Gasteiger charge is 2.36. The zero-order chi connectivity index (χ0) is 14.5. The zero-order valence-corrected chi connectivity index (χ0v) is 13.7. The molecule has 2 atom stereocenters. The summed E-state index contributed by atoms with van der Waals surface area (Å²) in [5.74, 6) is 1.42. The summed E-state index contributed by atoms with van der Waals surface area (Å²) in [5, 5.41) is 0. The Labute approximate surface area is 130 Å². The van der Waals surface area contributed by atoms with E-state index < -0.39 is 0 Å². The number of quaternary nitrogens is 2. The summed E-state index contributed by atoms with van der Waals surface area (Å²) in [6.45, 7) is 7.53. The summed E-state index contributed by atoms with van der Waals surface area (Å²) < 4.78 is 0. The van der Waals surface area contributed by atoms with Gasteiger partial charge in [-0.25, -0.2) is 0 Å². The molecule has 0 aromatic carbocycles. The fraction of sp³-hybridized carbons (Fsp3) is 0.944. The van der Waals surface area contributed by atoms with E-state index in [0.717, 1.165) is 13.1 Å². The van der Waals surface area contributed by atoms with Crippen LogP contribution >= 0.6 is 0 Å². The number of piperidine rings is 2. The summed E-state index contributed by atoms with van der Waals surface area (Å²) in [4.78, 5) is 16.3. The molecule has 21 heavy (non-hydrogen) atoms. The van der Waals surface area contributed by atoms with Gasteiger partial charge in [0.05, 0.1) is 51.1 Å². The van der Waals surface area contributed by atoms with Gasteiger partial charge >= 0.3 is 0 Å². The van der Waals surface area contributed by atoms with Crippen molar-refractivity contribution in [3.8, 4) is 0 Å². The molecule has 0 radical (unpaired) electrons. The Morgan fingerprint density at radius 3 is 1.52 bits per heavy atom. The van der Waals surface area contributed by atoms with Crippen LogP contribution < -0.4 is 9.80 Å². The fourth-order valence-electron chi connectivity index (χ4n) is 4.84. The molecule has 3 fully saturated rings. The van der Waals surface area contributed by atoms with Gasteiger partial charge in [0.1, 0.15) is 5.78 Å². The van der Waals surface area contributed by atoms with E-state index in [4.69, 9.17) is 0 Å². The molecule has 0 aromatic rings. The first-order valence-corrected chi connectivity index (χ1v) is 9.54. The van der Waals surface area contributed by atoms with Gasteiger partial charge in [-0.2, -0.15) is 0 Å². The number of hydrogen-bond donors (Lipinski definition) is 2. The minimum atomic E-state index is 0.390. The first kappa shape index (κ1) is 15.5. The molecule has 2 aliphatic heterocycles. The van der Waals surface area contributed by atoms with Crippen molar-refractivity contribution in [3.05, 3.63) is 0 Å². The van der Waals surface area contributed by atoms with Crippen LogP contribution in [0.4, 0.5) is 0 Å². The topological polar surface area (TPSA) is 26.0 Å². The van der Waals surface area contributed by atoms with Crippen LogP contribution in [0.1, 0.15) is 57.8 Å². The summed E-state index contributed by atoms with van der Waals surface area (Å²) in [6, 6.07) is 0. The van der Waals surface area contributed by atoms with E-state index in [0.29, 0.717) is 17.6 Å². The van der Waals surface area contributed by atoms with Crippen LogP contribution in [-0.4, -0.2) is 45.1 Å². The Balaban J connectivity index is 1.50. The molecule has 120 valence electrons. The molecule has 0 aromatic heterocycles. The predicted octanol–water partition coefficient (Wildman–Crippen LogP) is 0.109. The number of carbonyl (C=O) groups is 1. The second-order valence-corrected chi connectivity index (χ2v) is 7.76. The molecule has 0 spiro atoms. The molecule has 3 rings (SSSR count). The number of likely N-dealkylation sites (tertiary alicyclic amines) is 2. The molecule has 2 N–H and O–H groups in total. The van der Waals surface area contributed by atoms with Gasteiger partial charge in [-0.05, 0) is 51.4 Å². The Morgan fingerprint density at radius 1 is 0.667 bits per heavy atom. The predicted molar refractivity (Wildman–Crippen MR) is 84.7 cm³/mol. The van der Waals surface area contributed by atoms with Gasteiger partial charge in [-0.15, -0.1) is 0 Å². The SMILES string of the molecule is O=C1[C@H](C[NH+]2CCCCC2)CCC[C@H]1C[NH+]1CCCCC1. The smallest absolute Gasteiger partial charge is 0.150 e. The van der Waals surface area contributed by atoms with E-state index in [1.807, 2.05) is 0 Å². The van der Waals surface area contributed by atoms with E-state index in [9.17, 15) is 4.79 Å². The average Bonchev–Trinajstić information content (AvgIpc) is 2.53. The van der Waals surface area contributed by atoms with Crippen LogP contribution in [0.15, 0.2) is 0 Å². The van der Waals surface area contributed by atoms with Crippen LogP contribution in [0.2, 0.25) is 0 Å². The Bertz CT molecular complexity index is 302. The van der Waals surface area contributed by atoms with Gasteiger partial charge in [0.2, 0.25) is 0 Å². The number of nitrogens with one attached hydrogen (secondary N) is 2. The van der Waals surface area contributed by atoms with Gasteiger partial charge in [-0.3, -0.25) is 4.79 Å². The fourth-order valence-corrected chi connectivity index (χ4v) is 4.84. The maximum absolute atomic E-state index is 12.8. The van der Waals surface area contributed by atoms with Crippen molar-refractivity contribution >= 4 is 5.78 Å². The molecule has 3 heteroatoms. The molecule has 1 saturated carbocycles. The van der Waals surface area contributed by atoms with Crippen LogP contribution in [-0.2, 0) is 4.79 Å². The lowest BCUT2D eigenvalue weighted by Gasteiger charge is -2.33. The van der Waals surface area contributed by atoms with Crippen molar-refractivity contribution in [2.45, 2.75) is 57.8 Å². The van der Waals surface area contributed by atoms with E-state index in [-0.39, 0.29) is 0 Å². The van der Waals surface area contributed by atoms with Crippen LogP contribution in [0.3, 0.4) is 0 Å². The maximum Gasteiger partial charge on any atom is 0.150 e. The molecular weight excluding hydrogens is 260 g/mol. The van der Waals surface area contributed by atoms with Gasteiger partial charge in [0, 0.05) is 0 Å². The number of rotatable bonds is 4. The minimum absolute atomic E-state index is 0.390. The first-order valence-electron chi connectivity index (χ1n) is 9.54. The molecule has 0 amide bonds. The number of carbonyl (C=O) groups excluding carboxylic acids is 1. The van der Waals surface area contributed by atoms with Crippen molar-refractivity contribution < 1.29 is 14.6 Å². The molecule has 3 aliphatic rings. The van der Waals surface area contributed by atoms with Crippen molar-refractivity contribution in [1.82, 2.24) is 0 Å². The monoisotopic (exact) mass is 294 g/mol. The number of ketones is 1. The average molecular weight is 294 g/mol. The molecule has 3 nitrogen and oxygen atoms in total. The summed E-state index contributed by atoms with van der Waals surface area (Å²) in [7, 11) is 0. The van der Waals surface area contributed by atoms with E-state index in [1.165, 1.54) is 84.0 Å². The van der Waals surface area contributed by atoms with E-state index in [1.54, 1.807) is 9.80 Å². The lowest BCUT2D eigenvalue weighted by molar-refractivity contribution is -0.909. The van der Waals surface area contributed by atoms with Crippen molar-refractivity contribution in [3.63, 3.8) is 0 Å². The Morgan fingerprint density at radius 2 is 1.10 bits per heavy atom. The highest BCUT2D eigenvalue weighted by atomic mass is 16.1. The molecule has 0 bridgehead atoms. The van der Waals surface area contributed by atoms with E-state index >= 15 is 0 Å². The van der Waals surface area contributed by atoms with Gasteiger partial charge in [0.15, 0.2) is 0 Å². The third-order valence-electron chi connectivity index (χ3n) is 6.10. The lowest BCUT2D eigenvalue weighted by atomic mass is 9.79. The third kappa shape index (κ3) is 4.29. The Hall–Kier alpha value is -0.410. The summed E-state index contributed by atoms with van der Waals surface area (Å²) >= 11 is 0. The van der Waals surface area contributed by atoms with Gasteiger partial charge in [-0.1, -0.05) is 6.42 Å². The molecule has 2 saturated heterocycles. The van der Waals surface area contributed by atoms with Crippen molar-refractivity contribution in [2.24, 2.45) is 11.8 Å². The normalized spacial score (nSPS) is 33.2. The first-order chi connectivity index (χ1) is 10.3. The van der Waals surface area contributed by atoms with Crippen LogP contribution in [0.5, 0.6) is 0 Å². The highest BCUT2D eigenvalue weighted by Crippen LogP contribution is 2.24. The lowest BCUT2D eigenvalue weighted by Crippen LogP contribution is -3.14. The summed E-state index contributed by atoms with van der Waals surface area (Å²) in [5.41, 5.74) is 0. The molecule has 2 heterocycles. The molecule has 0 unspecified atom stereocenters. The third-order valence-corrected chi connectivity index (χ3v) is 6.10. The second-order valence-electron chi connectivity index (χ2n) is 7.76. The quantitative estimate of drug-likeness (QED) is 0.756.